The number of nitrogens with zero attached hydrogens (tertiary/aromatic N) is 2. The molecular weight excluding hydrogens is 487 g/mol. The fourth-order valence-corrected chi connectivity index (χ4v) is 3.10. The molecule has 0 radical (unpaired) electrons. The molecule has 0 bridgehead atoms. The molecule has 164 valence electrons. The van der Waals surface area contributed by atoms with Crippen molar-refractivity contribution in [2.24, 2.45) is 4.99 Å². The van der Waals surface area contributed by atoms with E-state index in [2.05, 4.69) is 61.7 Å². The molecule has 2 rings (SSSR count). The number of guanidine groups is 1. The standard InChI is InChI=1S/C24H34N4O.HI/c1-6-25-24(27-17-19(3)21-11-7-9-18(2)15-21)26-14-13-20-10-8-12-22(16-20)23(29)28(4)5;/h7-12,15-16,19H,6,13-14,17H2,1-5H3,(H2,25,26,27);1H. The first-order valence-corrected chi connectivity index (χ1v) is 10.3. The lowest BCUT2D eigenvalue weighted by molar-refractivity contribution is 0.0827. The zero-order valence-electron chi connectivity index (χ0n) is 18.7. The van der Waals surface area contributed by atoms with Gasteiger partial charge in [-0.2, -0.15) is 0 Å². The van der Waals surface area contributed by atoms with E-state index in [-0.39, 0.29) is 29.9 Å². The summed E-state index contributed by atoms with van der Waals surface area (Å²) in [4.78, 5) is 18.5. The second kappa shape index (κ2) is 13.3. The van der Waals surface area contributed by atoms with Gasteiger partial charge in [-0.05, 0) is 43.5 Å². The number of carbonyl (C=O) groups excluding carboxylic acids is 1. The van der Waals surface area contributed by atoms with Gasteiger partial charge >= 0.3 is 0 Å². The van der Waals surface area contributed by atoms with Gasteiger partial charge in [0, 0.05) is 45.2 Å². The zero-order valence-corrected chi connectivity index (χ0v) is 21.1. The zero-order chi connectivity index (χ0) is 21.2. The van der Waals surface area contributed by atoms with Crippen LogP contribution in [0, 0.1) is 6.92 Å². The monoisotopic (exact) mass is 522 g/mol. The van der Waals surface area contributed by atoms with Gasteiger partial charge in [-0.15, -0.1) is 24.0 Å². The van der Waals surface area contributed by atoms with Crippen LogP contribution in [0.25, 0.3) is 0 Å². The van der Waals surface area contributed by atoms with Crippen LogP contribution in [-0.4, -0.2) is 50.5 Å². The highest BCUT2D eigenvalue weighted by Crippen LogP contribution is 2.16. The number of carbonyl (C=O) groups is 1. The van der Waals surface area contributed by atoms with Crippen molar-refractivity contribution in [2.45, 2.75) is 33.1 Å². The van der Waals surface area contributed by atoms with Gasteiger partial charge in [0.05, 0.1) is 0 Å². The molecular formula is C24H35IN4O. The first-order valence-electron chi connectivity index (χ1n) is 10.3. The molecule has 1 atom stereocenters. The number of benzene rings is 2. The van der Waals surface area contributed by atoms with Crippen molar-refractivity contribution in [3.05, 3.63) is 70.8 Å². The predicted molar refractivity (Wildman–Crippen MR) is 137 cm³/mol. The second-order valence-corrected chi connectivity index (χ2v) is 7.61. The molecule has 2 aromatic carbocycles. The van der Waals surface area contributed by atoms with Crippen molar-refractivity contribution in [1.29, 1.82) is 0 Å². The predicted octanol–water partition coefficient (Wildman–Crippen LogP) is 4.22. The first-order chi connectivity index (χ1) is 13.9. The molecule has 0 spiro atoms. The van der Waals surface area contributed by atoms with Crippen LogP contribution in [0.5, 0.6) is 0 Å². The minimum absolute atomic E-state index is 0. The topological polar surface area (TPSA) is 56.7 Å². The maximum absolute atomic E-state index is 12.1. The fraction of sp³-hybridized carbons (Fsp3) is 0.417. The average molecular weight is 522 g/mol. The quantitative estimate of drug-likeness (QED) is 0.310. The van der Waals surface area contributed by atoms with Crippen LogP contribution >= 0.6 is 24.0 Å². The van der Waals surface area contributed by atoms with Crippen molar-refractivity contribution in [1.82, 2.24) is 15.5 Å². The molecule has 2 aromatic rings. The van der Waals surface area contributed by atoms with E-state index < -0.39 is 0 Å². The van der Waals surface area contributed by atoms with Crippen LogP contribution in [0.4, 0.5) is 0 Å². The third-order valence-electron chi connectivity index (χ3n) is 4.76. The van der Waals surface area contributed by atoms with E-state index in [1.165, 1.54) is 11.1 Å². The van der Waals surface area contributed by atoms with Crippen molar-refractivity contribution < 1.29 is 4.79 Å². The number of hydrogen-bond acceptors (Lipinski definition) is 2. The molecule has 2 N–H and O–H groups in total. The van der Waals surface area contributed by atoms with Crippen molar-refractivity contribution in [3.63, 3.8) is 0 Å². The normalized spacial score (nSPS) is 12.0. The van der Waals surface area contributed by atoms with Gasteiger partial charge in [0.15, 0.2) is 5.96 Å². The number of nitrogens with one attached hydrogen (secondary N) is 2. The maximum Gasteiger partial charge on any atom is 0.253 e. The Kier molecular flexibility index (Phi) is 11.5. The van der Waals surface area contributed by atoms with Crippen LogP contribution in [0.2, 0.25) is 0 Å². The van der Waals surface area contributed by atoms with E-state index in [1.807, 2.05) is 18.2 Å². The lowest BCUT2D eigenvalue weighted by atomic mass is 10.00. The summed E-state index contributed by atoms with van der Waals surface area (Å²) >= 11 is 0. The van der Waals surface area contributed by atoms with Gasteiger partial charge in [0.25, 0.3) is 5.91 Å². The Morgan fingerprint density at radius 1 is 1.10 bits per heavy atom. The first kappa shape index (κ1) is 25.9. The average Bonchev–Trinajstić information content (AvgIpc) is 2.71. The number of hydrogen-bond donors (Lipinski definition) is 2. The highest BCUT2D eigenvalue weighted by atomic mass is 127. The number of rotatable bonds is 8. The van der Waals surface area contributed by atoms with Gasteiger partial charge in [0.2, 0.25) is 0 Å². The molecule has 5 nitrogen and oxygen atoms in total. The van der Waals surface area contributed by atoms with Gasteiger partial charge in [0.1, 0.15) is 0 Å². The lowest BCUT2D eigenvalue weighted by Crippen LogP contribution is -2.38. The molecule has 30 heavy (non-hydrogen) atoms. The highest BCUT2D eigenvalue weighted by Gasteiger charge is 2.09. The Morgan fingerprint density at radius 3 is 2.50 bits per heavy atom. The van der Waals surface area contributed by atoms with Crippen molar-refractivity contribution in [2.75, 3.05) is 33.7 Å². The summed E-state index contributed by atoms with van der Waals surface area (Å²) in [5.74, 6) is 1.21. The van der Waals surface area contributed by atoms with Crippen LogP contribution in [-0.2, 0) is 6.42 Å². The molecule has 0 saturated heterocycles. The molecule has 0 aromatic heterocycles. The van der Waals surface area contributed by atoms with Gasteiger partial charge < -0.3 is 15.5 Å². The van der Waals surface area contributed by atoms with E-state index in [0.717, 1.165) is 43.1 Å². The van der Waals surface area contributed by atoms with Gasteiger partial charge in [-0.25, -0.2) is 0 Å². The van der Waals surface area contributed by atoms with Crippen molar-refractivity contribution >= 4 is 35.8 Å². The van der Waals surface area contributed by atoms with Crippen molar-refractivity contribution in [3.8, 4) is 0 Å². The molecule has 0 fully saturated rings. The Balaban J connectivity index is 0.00000450. The molecule has 0 aliphatic rings. The molecule has 1 unspecified atom stereocenters. The number of aliphatic imine (C=N–C) groups is 1. The molecule has 0 saturated carbocycles. The summed E-state index contributed by atoms with van der Waals surface area (Å²) in [6, 6.07) is 16.4. The summed E-state index contributed by atoms with van der Waals surface area (Å²) in [6.45, 7) is 8.69. The van der Waals surface area contributed by atoms with E-state index >= 15 is 0 Å². The highest BCUT2D eigenvalue weighted by molar-refractivity contribution is 14.0. The van der Waals surface area contributed by atoms with Crippen LogP contribution in [0.15, 0.2) is 53.5 Å². The largest absolute Gasteiger partial charge is 0.357 e. The summed E-state index contributed by atoms with van der Waals surface area (Å²) in [6.07, 6.45) is 0.826. The second-order valence-electron chi connectivity index (χ2n) is 7.61. The van der Waals surface area contributed by atoms with Crippen LogP contribution < -0.4 is 10.6 Å². The molecule has 6 heteroatoms. The van der Waals surface area contributed by atoms with E-state index in [9.17, 15) is 4.79 Å². The number of halogens is 1. The molecule has 0 aliphatic carbocycles. The van der Waals surface area contributed by atoms with Gasteiger partial charge in [-0.1, -0.05) is 48.9 Å². The number of amides is 1. The van der Waals surface area contributed by atoms with E-state index in [4.69, 9.17) is 4.99 Å². The third kappa shape index (κ3) is 8.34. The minimum atomic E-state index is 0. The van der Waals surface area contributed by atoms with Gasteiger partial charge in [-0.3, -0.25) is 9.79 Å². The summed E-state index contributed by atoms with van der Waals surface area (Å²) < 4.78 is 0. The number of aryl methyl sites for hydroxylation is 1. The smallest absolute Gasteiger partial charge is 0.253 e. The Labute approximate surface area is 198 Å². The lowest BCUT2D eigenvalue weighted by Gasteiger charge is -2.15. The minimum Gasteiger partial charge on any atom is -0.357 e. The third-order valence-corrected chi connectivity index (χ3v) is 4.76. The van der Waals surface area contributed by atoms with E-state index in [1.54, 1.807) is 19.0 Å². The Hall–Kier alpha value is -2.09. The Bertz CT molecular complexity index is 835. The molecule has 1 amide bonds. The summed E-state index contributed by atoms with van der Waals surface area (Å²) in [5.41, 5.74) is 4.44. The fourth-order valence-electron chi connectivity index (χ4n) is 3.10. The summed E-state index contributed by atoms with van der Waals surface area (Å²) in [7, 11) is 3.54. The summed E-state index contributed by atoms with van der Waals surface area (Å²) in [5, 5.41) is 6.71. The maximum atomic E-state index is 12.1. The molecule has 0 heterocycles. The molecule has 0 aliphatic heterocycles. The van der Waals surface area contributed by atoms with Crippen LogP contribution in [0.1, 0.15) is 46.8 Å². The van der Waals surface area contributed by atoms with Crippen LogP contribution in [0.3, 0.4) is 0 Å². The Morgan fingerprint density at radius 2 is 1.83 bits per heavy atom. The van der Waals surface area contributed by atoms with E-state index in [0.29, 0.717) is 5.92 Å². The SMILES string of the molecule is CCNC(=NCC(C)c1cccc(C)c1)NCCc1cccc(C(=O)N(C)C)c1.I.